The first-order valence-corrected chi connectivity index (χ1v) is 14.4. The molecule has 1 aromatic heterocycles. The standard InChI is InChI=1S/C30H34N2O7S/c1-20(2)17-32(40(36,37)24-12-10-23(38-3)11-13-24)18-28(34)27(15-21-7-5-4-6-8-21)31-30(35)26-19-39-29-16-22(33)9-14-25(26)29/h4-14,16,19-20,27-28,33-34H,15,17-18H2,1-3H3,(H,31,35)/t27-,28+/m0/s1. The van der Waals surface area contributed by atoms with Crippen molar-refractivity contribution in [1.82, 2.24) is 9.62 Å². The van der Waals surface area contributed by atoms with Crippen LogP contribution in [-0.4, -0.2) is 61.2 Å². The van der Waals surface area contributed by atoms with Crippen LogP contribution >= 0.6 is 0 Å². The first-order valence-electron chi connectivity index (χ1n) is 13.0. The number of hydrogen-bond acceptors (Lipinski definition) is 7. The van der Waals surface area contributed by atoms with Crippen molar-refractivity contribution in [3.63, 3.8) is 0 Å². The predicted molar refractivity (Wildman–Crippen MR) is 152 cm³/mol. The number of ether oxygens (including phenoxy) is 1. The molecule has 0 saturated carbocycles. The summed E-state index contributed by atoms with van der Waals surface area (Å²) in [4.78, 5) is 13.4. The van der Waals surface area contributed by atoms with Gasteiger partial charge in [0.25, 0.3) is 5.91 Å². The number of hydrogen-bond donors (Lipinski definition) is 3. The van der Waals surface area contributed by atoms with E-state index in [1.807, 2.05) is 44.2 Å². The molecule has 0 bridgehead atoms. The lowest BCUT2D eigenvalue weighted by Gasteiger charge is -2.30. The summed E-state index contributed by atoms with van der Waals surface area (Å²) in [7, 11) is -2.46. The van der Waals surface area contributed by atoms with Crippen LogP contribution in [0.5, 0.6) is 11.5 Å². The van der Waals surface area contributed by atoms with E-state index in [1.165, 1.54) is 41.9 Å². The van der Waals surface area contributed by atoms with Gasteiger partial charge in [0.1, 0.15) is 23.3 Å². The largest absolute Gasteiger partial charge is 0.508 e. The smallest absolute Gasteiger partial charge is 0.255 e. The Balaban J connectivity index is 1.62. The van der Waals surface area contributed by atoms with Crippen LogP contribution in [-0.2, 0) is 16.4 Å². The van der Waals surface area contributed by atoms with E-state index in [9.17, 15) is 23.4 Å². The fraction of sp³-hybridized carbons (Fsp3) is 0.300. The van der Waals surface area contributed by atoms with Gasteiger partial charge in [-0.1, -0.05) is 44.2 Å². The maximum atomic E-state index is 13.6. The maximum Gasteiger partial charge on any atom is 0.255 e. The van der Waals surface area contributed by atoms with Gasteiger partial charge in [0.15, 0.2) is 0 Å². The Kier molecular flexibility index (Phi) is 9.14. The fourth-order valence-corrected chi connectivity index (χ4v) is 6.12. The highest BCUT2D eigenvalue weighted by molar-refractivity contribution is 7.89. The minimum atomic E-state index is -3.96. The lowest BCUT2D eigenvalue weighted by Crippen LogP contribution is -2.51. The van der Waals surface area contributed by atoms with E-state index in [4.69, 9.17) is 9.15 Å². The quantitative estimate of drug-likeness (QED) is 0.234. The van der Waals surface area contributed by atoms with Gasteiger partial charge in [-0.05, 0) is 54.3 Å². The molecule has 0 fully saturated rings. The second kappa shape index (κ2) is 12.5. The van der Waals surface area contributed by atoms with E-state index >= 15 is 0 Å². The van der Waals surface area contributed by atoms with Crippen molar-refractivity contribution in [2.75, 3.05) is 20.2 Å². The van der Waals surface area contributed by atoms with Gasteiger partial charge in [0, 0.05) is 24.5 Å². The molecule has 0 saturated heterocycles. The Bertz CT molecular complexity index is 1530. The third-order valence-electron chi connectivity index (χ3n) is 6.54. The summed E-state index contributed by atoms with van der Waals surface area (Å²) in [5, 5.41) is 24.6. The molecule has 0 spiro atoms. The minimum Gasteiger partial charge on any atom is -0.508 e. The zero-order chi connectivity index (χ0) is 28.9. The van der Waals surface area contributed by atoms with Gasteiger partial charge in [0.05, 0.1) is 29.7 Å². The Labute approximate surface area is 234 Å². The summed E-state index contributed by atoms with van der Waals surface area (Å²) >= 11 is 0. The molecular weight excluding hydrogens is 532 g/mol. The number of aliphatic hydroxyl groups is 1. The zero-order valence-corrected chi connectivity index (χ0v) is 23.5. The summed E-state index contributed by atoms with van der Waals surface area (Å²) in [6.45, 7) is 3.74. The van der Waals surface area contributed by atoms with Crippen molar-refractivity contribution in [2.45, 2.75) is 37.3 Å². The molecule has 1 heterocycles. The van der Waals surface area contributed by atoms with Gasteiger partial charge in [-0.3, -0.25) is 4.79 Å². The number of fused-ring (bicyclic) bond motifs is 1. The Hall–Kier alpha value is -3.86. The summed E-state index contributed by atoms with van der Waals surface area (Å²) in [5.41, 5.74) is 1.45. The summed E-state index contributed by atoms with van der Waals surface area (Å²) < 4.78 is 39.1. The summed E-state index contributed by atoms with van der Waals surface area (Å²) in [6, 6.07) is 19.1. The van der Waals surface area contributed by atoms with Crippen molar-refractivity contribution in [1.29, 1.82) is 0 Å². The Morgan fingerprint density at radius 3 is 2.38 bits per heavy atom. The van der Waals surface area contributed by atoms with Crippen molar-refractivity contribution in [3.05, 3.63) is 90.2 Å². The third-order valence-corrected chi connectivity index (χ3v) is 8.39. The monoisotopic (exact) mass is 566 g/mol. The molecule has 0 radical (unpaired) electrons. The van der Waals surface area contributed by atoms with Crippen molar-refractivity contribution < 1.29 is 32.6 Å². The molecular formula is C30H34N2O7S. The molecule has 4 rings (SSSR count). The number of methoxy groups -OCH3 is 1. The van der Waals surface area contributed by atoms with E-state index in [2.05, 4.69) is 5.32 Å². The number of aromatic hydroxyl groups is 1. The molecule has 0 aliphatic heterocycles. The second-order valence-corrected chi connectivity index (χ2v) is 12.0. The van der Waals surface area contributed by atoms with Gasteiger partial charge in [-0.2, -0.15) is 4.31 Å². The third kappa shape index (κ3) is 6.82. The molecule has 10 heteroatoms. The van der Waals surface area contributed by atoms with Crippen LogP contribution in [0.15, 0.2) is 88.4 Å². The normalized spacial score (nSPS) is 13.4. The van der Waals surface area contributed by atoms with E-state index < -0.39 is 28.1 Å². The van der Waals surface area contributed by atoms with Gasteiger partial charge >= 0.3 is 0 Å². The SMILES string of the molecule is COc1ccc(S(=O)(=O)N(CC(C)C)C[C@@H](O)[C@H](Cc2ccccc2)NC(=O)c2coc3cc(O)ccc23)cc1. The number of rotatable bonds is 12. The Morgan fingerprint density at radius 1 is 1.02 bits per heavy atom. The number of carbonyl (C=O) groups excluding carboxylic acids is 1. The molecule has 3 N–H and O–H groups in total. The van der Waals surface area contributed by atoms with Crippen LogP contribution in [0.2, 0.25) is 0 Å². The number of benzene rings is 3. The molecule has 212 valence electrons. The number of carbonyl (C=O) groups is 1. The number of sulfonamides is 1. The van der Waals surface area contributed by atoms with E-state index in [-0.39, 0.29) is 41.6 Å². The highest BCUT2D eigenvalue weighted by Crippen LogP contribution is 2.26. The number of amides is 1. The van der Waals surface area contributed by atoms with Crippen LogP contribution in [0.1, 0.15) is 29.8 Å². The molecule has 9 nitrogen and oxygen atoms in total. The lowest BCUT2D eigenvalue weighted by molar-refractivity contribution is 0.0776. The van der Waals surface area contributed by atoms with Crippen LogP contribution in [0.4, 0.5) is 0 Å². The maximum absolute atomic E-state index is 13.6. The zero-order valence-electron chi connectivity index (χ0n) is 22.7. The van der Waals surface area contributed by atoms with Crippen molar-refractivity contribution >= 4 is 26.9 Å². The minimum absolute atomic E-state index is 0.00879. The van der Waals surface area contributed by atoms with E-state index in [1.54, 1.807) is 18.2 Å². The predicted octanol–water partition coefficient (Wildman–Crippen LogP) is 4.20. The molecule has 3 aromatic carbocycles. The lowest BCUT2D eigenvalue weighted by atomic mass is 10.00. The number of furan rings is 1. The molecule has 1 amide bonds. The summed E-state index contributed by atoms with van der Waals surface area (Å²) in [5.74, 6) is 0.0328. The van der Waals surface area contributed by atoms with Crippen molar-refractivity contribution in [3.8, 4) is 11.5 Å². The summed E-state index contributed by atoms with van der Waals surface area (Å²) in [6.07, 6.45) is 0.325. The first-order chi connectivity index (χ1) is 19.1. The Morgan fingerprint density at radius 2 is 1.73 bits per heavy atom. The average Bonchev–Trinajstić information content (AvgIpc) is 3.35. The molecule has 0 aliphatic carbocycles. The van der Waals surface area contributed by atoms with E-state index in [0.717, 1.165) is 5.56 Å². The number of phenols is 1. The average molecular weight is 567 g/mol. The topological polar surface area (TPSA) is 129 Å². The molecule has 0 unspecified atom stereocenters. The van der Waals surface area contributed by atoms with Crippen LogP contribution < -0.4 is 10.1 Å². The first kappa shape index (κ1) is 29.1. The highest BCUT2D eigenvalue weighted by atomic mass is 32.2. The van der Waals surface area contributed by atoms with Crippen LogP contribution in [0.3, 0.4) is 0 Å². The molecule has 40 heavy (non-hydrogen) atoms. The highest BCUT2D eigenvalue weighted by Gasteiger charge is 2.32. The number of aliphatic hydroxyl groups excluding tert-OH is 1. The van der Waals surface area contributed by atoms with Gasteiger partial charge in [-0.15, -0.1) is 0 Å². The molecule has 0 aliphatic rings. The van der Waals surface area contributed by atoms with Crippen LogP contribution in [0.25, 0.3) is 11.0 Å². The van der Waals surface area contributed by atoms with Crippen molar-refractivity contribution in [2.24, 2.45) is 5.92 Å². The van der Waals surface area contributed by atoms with Crippen LogP contribution in [0, 0.1) is 5.92 Å². The van der Waals surface area contributed by atoms with E-state index in [0.29, 0.717) is 16.7 Å². The number of nitrogens with one attached hydrogen (secondary N) is 1. The fourth-order valence-electron chi connectivity index (χ4n) is 4.50. The van der Waals surface area contributed by atoms with Gasteiger partial charge in [0.2, 0.25) is 10.0 Å². The van der Waals surface area contributed by atoms with Gasteiger partial charge < -0.3 is 24.7 Å². The molecule has 2 atom stereocenters. The number of phenolic OH excluding ortho intramolecular Hbond substituents is 1. The molecule has 4 aromatic rings. The second-order valence-electron chi connectivity index (χ2n) is 10.1. The van der Waals surface area contributed by atoms with Gasteiger partial charge in [-0.25, -0.2) is 8.42 Å². The number of nitrogens with zero attached hydrogens (tertiary/aromatic N) is 1.